The number of halogens is 5. The zero-order valence-corrected chi connectivity index (χ0v) is 10.3. The minimum Gasteiger partial charge on any atom is -0.166 e. The summed E-state index contributed by atoms with van der Waals surface area (Å²) in [5.74, 6) is 0. The molecule has 0 unspecified atom stereocenters. The molecule has 13 heavy (non-hydrogen) atoms. The van der Waals surface area contributed by atoms with E-state index in [2.05, 4.69) is 15.9 Å². The van der Waals surface area contributed by atoms with Gasteiger partial charge >= 0.3 is 6.18 Å². The minimum atomic E-state index is -4.29. The SMILES string of the molecule is Cc1ccc(I)c(Br)c1C(F)(F)F. The maximum atomic E-state index is 12.5. The van der Waals surface area contributed by atoms with E-state index in [0.717, 1.165) is 0 Å². The lowest BCUT2D eigenvalue weighted by Gasteiger charge is -2.13. The largest absolute Gasteiger partial charge is 0.417 e. The van der Waals surface area contributed by atoms with Crippen LogP contribution in [0, 0.1) is 10.5 Å². The first kappa shape index (κ1) is 11.3. The Bertz CT molecular complexity index is 333. The molecule has 5 heteroatoms. The summed E-state index contributed by atoms with van der Waals surface area (Å²) in [6, 6.07) is 3.12. The van der Waals surface area contributed by atoms with Crippen molar-refractivity contribution in [1.82, 2.24) is 0 Å². The average molecular weight is 365 g/mol. The molecular formula is C8H5BrF3I. The van der Waals surface area contributed by atoms with E-state index in [0.29, 0.717) is 3.57 Å². The number of aryl methyl sites for hydroxylation is 1. The van der Waals surface area contributed by atoms with Crippen LogP contribution >= 0.6 is 38.5 Å². The normalized spacial score (nSPS) is 11.8. The van der Waals surface area contributed by atoms with Crippen molar-refractivity contribution in [3.63, 3.8) is 0 Å². The number of rotatable bonds is 0. The van der Waals surface area contributed by atoms with Crippen molar-refractivity contribution < 1.29 is 13.2 Å². The first-order chi connectivity index (χ1) is 5.84. The van der Waals surface area contributed by atoms with Crippen molar-refractivity contribution in [3.05, 3.63) is 31.3 Å². The highest BCUT2D eigenvalue weighted by Gasteiger charge is 2.35. The van der Waals surface area contributed by atoms with Gasteiger partial charge in [0.2, 0.25) is 0 Å². The molecule has 72 valence electrons. The Morgan fingerprint density at radius 2 is 1.85 bits per heavy atom. The van der Waals surface area contributed by atoms with Crippen molar-refractivity contribution in [2.75, 3.05) is 0 Å². The number of alkyl halides is 3. The van der Waals surface area contributed by atoms with E-state index < -0.39 is 11.7 Å². The summed E-state index contributed by atoms with van der Waals surface area (Å²) in [4.78, 5) is 0. The van der Waals surface area contributed by atoms with Crippen LogP contribution in [0.15, 0.2) is 16.6 Å². The minimum absolute atomic E-state index is 0.126. The zero-order chi connectivity index (χ0) is 10.2. The molecule has 0 saturated carbocycles. The second kappa shape index (κ2) is 3.76. The standard InChI is InChI=1S/C8H5BrF3I/c1-4-2-3-5(13)7(9)6(4)8(10,11)12/h2-3H,1H3. The fraction of sp³-hybridized carbons (Fsp3) is 0.250. The van der Waals surface area contributed by atoms with Gasteiger partial charge in [-0.25, -0.2) is 0 Å². The second-order valence-corrected chi connectivity index (χ2v) is 4.51. The third-order valence-electron chi connectivity index (χ3n) is 1.59. The third kappa shape index (κ3) is 2.37. The molecule has 0 saturated heterocycles. The van der Waals surface area contributed by atoms with Gasteiger partial charge in [0.15, 0.2) is 0 Å². The van der Waals surface area contributed by atoms with Gasteiger partial charge in [0.1, 0.15) is 0 Å². The predicted molar refractivity (Wildman–Crippen MR) is 56.6 cm³/mol. The molecule has 0 fully saturated rings. The number of hydrogen-bond acceptors (Lipinski definition) is 0. The van der Waals surface area contributed by atoms with Crippen LogP contribution in [-0.2, 0) is 6.18 Å². The van der Waals surface area contributed by atoms with Crippen LogP contribution in [0.2, 0.25) is 0 Å². The Morgan fingerprint density at radius 1 is 1.31 bits per heavy atom. The molecule has 0 heterocycles. The van der Waals surface area contributed by atoms with E-state index in [9.17, 15) is 13.2 Å². The molecule has 0 radical (unpaired) electrons. The fourth-order valence-electron chi connectivity index (χ4n) is 0.995. The molecular weight excluding hydrogens is 360 g/mol. The summed E-state index contributed by atoms with van der Waals surface area (Å²) in [6.45, 7) is 1.45. The molecule has 0 bridgehead atoms. The molecule has 0 nitrogen and oxygen atoms in total. The Hall–Kier alpha value is 0.220. The molecule has 0 N–H and O–H groups in total. The van der Waals surface area contributed by atoms with E-state index in [-0.39, 0.29) is 10.0 Å². The molecule has 1 aromatic carbocycles. The van der Waals surface area contributed by atoms with Gasteiger partial charge in [0.25, 0.3) is 0 Å². The smallest absolute Gasteiger partial charge is 0.166 e. The van der Waals surface area contributed by atoms with Gasteiger partial charge in [-0.3, -0.25) is 0 Å². The van der Waals surface area contributed by atoms with Gasteiger partial charge in [-0.2, -0.15) is 13.2 Å². The molecule has 0 aliphatic carbocycles. The second-order valence-electron chi connectivity index (χ2n) is 2.55. The van der Waals surface area contributed by atoms with E-state index in [1.54, 1.807) is 6.07 Å². The fourth-order valence-corrected chi connectivity index (χ4v) is 2.11. The van der Waals surface area contributed by atoms with Gasteiger partial charge in [-0.05, 0) is 57.1 Å². The summed E-state index contributed by atoms with van der Waals surface area (Å²) < 4.78 is 38.1. The maximum Gasteiger partial charge on any atom is 0.417 e. The first-order valence-corrected chi connectivity index (χ1v) is 5.23. The van der Waals surface area contributed by atoms with Crippen LogP contribution in [0.1, 0.15) is 11.1 Å². The topological polar surface area (TPSA) is 0 Å². The van der Waals surface area contributed by atoms with Gasteiger partial charge < -0.3 is 0 Å². The molecule has 0 aromatic heterocycles. The Morgan fingerprint density at radius 3 is 2.23 bits per heavy atom. The van der Waals surface area contributed by atoms with Crippen molar-refractivity contribution in [2.45, 2.75) is 13.1 Å². The lowest BCUT2D eigenvalue weighted by atomic mass is 10.1. The van der Waals surface area contributed by atoms with Crippen LogP contribution in [-0.4, -0.2) is 0 Å². The average Bonchev–Trinajstić information content (AvgIpc) is 1.95. The highest BCUT2D eigenvalue weighted by Crippen LogP contribution is 2.38. The molecule has 0 aliphatic heterocycles. The van der Waals surface area contributed by atoms with E-state index >= 15 is 0 Å². The molecule has 1 rings (SSSR count). The summed E-state index contributed by atoms with van der Waals surface area (Å²) in [5, 5.41) is 0. The van der Waals surface area contributed by atoms with Gasteiger partial charge in [0.05, 0.1) is 5.56 Å². The van der Waals surface area contributed by atoms with Gasteiger partial charge in [-0.15, -0.1) is 0 Å². The highest BCUT2D eigenvalue weighted by atomic mass is 127. The van der Waals surface area contributed by atoms with E-state index in [1.165, 1.54) is 13.0 Å². The van der Waals surface area contributed by atoms with Crippen molar-refractivity contribution in [1.29, 1.82) is 0 Å². The van der Waals surface area contributed by atoms with Crippen LogP contribution in [0.25, 0.3) is 0 Å². The van der Waals surface area contributed by atoms with Crippen LogP contribution in [0.5, 0.6) is 0 Å². The van der Waals surface area contributed by atoms with Crippen molar-refractivity contribution in [3.8, 4) is 0 Å². The number of benzene rings is 1. The lowest BCUT2D eigenvalue weighted by Crippen LogP contribution is -2.09. The maximum absolute atomic E-state index is 12.5. The highest BCUT2D eigenvalue weighted by molar-refractivity contribution is 14.1. The summed E-state index contributed by atoms with van der Waals surface area (Å²) in [6.07, 6.45) is -4.29. The van der Waals surface area contributed by atoms with Crippen LogP contribution < -0.4 is 0 Å². The van der Waals surface area contributed by atoms with Gasteiger partial charge in [-0.1, -0.05) is 6.07 Å². The molecule has 0 aliphatic rings. The van der Waals surface area contributed by atoms with Crippen LogP contribution in [0.4, 0.5) is 13.2 Å². The summed E-state index contributed by atoms with van der Waals surface area (Å²) >= 11 is 4.80. The van der Waals surface area contributed by atoms with Gasteiger partial charge in [0, 0.05) is 8.04 Å². The molecule has 1 aromatic rings. The summed E-state index contributed by atoms with van der Waals surface area (Å²) in [7, 11) is 0. The monoisotopic (exact) mass is 364 g/mol. The van der Waals surface area contributed by atoms with Crippen LogP contribution in [0.3, 0.4) is 0 Å². The molecule has 0 atom stereocenters. The predicted octanol–water partition coefficient (Wildman–Crippen LogP) is 4.38. The first-order valence-electron chi connectivity index (χ1n) is 3.36. The number of hydrogen-bond donors (Lipinski definition) is 0. The Balaban J connectivity index is 3.43. The quantitative estimate of drug-likeness (QED) is 0.599. The Kier molecular flexibility index (Phi) is 3.27. The summed E-state index contributed by atoms with van der Waals surface area (Å²) in [5.41, 5.74) is -0.348. The molecule has 0 amide bonds. The third-order valence-corrected chi connectivity index (χ3v) is 4.05. The zero-order valence-electron chi connectivity index (χ0n) is 6.54. The van der Waals surface area contributed by atoms with Crippen molar-refractivity contribution in [2.24, 2.45) is 0 Å². The lowest BCUT2D eigenvalue weighted by molar-refractivity contribution is -0.138. The van der Waals surface area contributed by atoms with Crippen molar-refractivity contribution >= 4 is 38.5 Å². The Labute approximate surface area is 95.8 Å². The van der Waals surface area contributed by atoms with E-state index in [4.69, 9.17) is 0 Å². The van der Waals surface area contributed by atoms with E-state index in [1.807, 2.05) is 22.6 Å². The molecule has 0 spiro atoms.